The number of rotatable bonds is 4. The van der Waals surface area contributed by atoms with Crippen molar-refractivity contribution >= 4 is 17.5 Å². The summed E-state index contributed by atoms with van der Waals surface area (Å²) in [6.07, 6.45) is 3.36. The maximum Gasteiger partial charge on any atom is 0.220 e. The lowest BCUT2D eigenvalue weighted by atomic mass is 10.0. The van der Waals surface area contributed by atoms with Crippen LogP contribution in [0.2, 0.25) is 5.02 Å². The highest BCUT2D eigenvalue weighted by atomic mass is 35.5. The van der Waals surface area contributed by atoms with Crippen molar-refractivity contribution in [1.82, 2.24) is 5.32 Å². The summed E-state index contributed by atoms with van der Waals surface area (Å²) in [6, 6.07) is 5.00. The topological polar surface area (TPSA) is 55.1 Å². The van der Waals surface area contributed by atoms with Crippen LogP contribution in [0.15, 0.2) is 18.2 Å². The van der Waals surface area contributed by atoms with E-state index in [1.807, 2.05) is 0 Å². The molecular formula is C14H18ClFN2O. The Morgan fingerprint density at radius 2 is 2.26 bits per heavy atom. The van der Waals surface area contributed by atoms with Crippen molar-refractivity contribution < 1.29 is 9.18 Å². The highest BCUT2D eigenvalue weighted by Crippen LogP contribution is 2.26. The molecule has 3 nitrogen and oxygen atoms in total. The van der Waals surface area contributed by atoms with Gasteiger partial charge >= 0.3 is 0 Å². The fourth-order valence-corrected chi connectivity index (χ4v) is 2.71. The van der Waals surface area contributed by atoms with Crippen molar-refractivity contribution in [2.75, 3.05) is 0 Å². The molecule has 5 heteroatoms. The molecule has 1 fully saturated rings. The Bertz CT molecular complexity index is 467. The largest absolute Gasteiger partial charge is 0.352 e. The molecular weight excluding hydrogens is 267 g/mol. The average molecular weight is 285 g/mol. The third-order valence-electron chi connectivity index (χ3n) is 3.56. The Balaban J connectivity index is 1.82. The van der Waals surface area contributed by atoms with Gasteiger partial charge in [0.15, 0.2) is 0 Å². The Morgan fingerprint density at radius 3 is 2.95 bits per heavy atom. The van der Waals surface area contributed by atoms with Crippen LogP contribution in [-0.2, 0) is 11.3 Å². The average Bonchev–Trinajstić information content (AvgIpc) is 2.76. The van der Waals surface area contributed by atoms with Crippen molar-refractivity contribution in [3.05, 3.63) is 34.6 Å². The van der Waals surface area contributed by atoms with Gasteiger partial charge in [-0.05, 0) is 31.2 Å². The molecule has 1 saturated carbocycles. The van der Waals surface area contributed by atoms with Gasteiger partial charge < -0.3 is 11.1 Å². The van der Waals surface area contributed by atoms with Crippen molar-refractivity contribution in [3.8, 4) is 0 Å². The molecule has 19 heavy (non-hydrogen) atoms. The van der Waals surface area contributed by atoms with E-state index in [9.17, 15) is 9.18 Å². The SMILES string of the molecule is NC1CCC(CC(=O)NCc2cccc(Cl)c2F)C1. The third kappa shape index (κ3) is 3.91. The van der Waals surface area contributed by atoms with Gasteiger partial charge in [0.2, 0.25) is 5.91 Å². The zero-order valence-electron chi connectivity index (χ0n) is 10.7. The minimum atomic E-state index is -0.465. The molecule has 1 aliphatic rings. The quantitative estimate of drug-likeness (QED) is 0.893. The van der Waals surface area contributed by atoms with E-state index in [1.165, 1.54) is 6.07 Å². The maximum atomic E-state index is 13.6. The normalized spacial score (nSPS) is 22.5. The second kappa shape index (κ2) is 6.35. The van der Waals surface area contributed by atoms with Crippen molar-refractivity contribution in [2.24, 2.45) is 11.7 Å². The monoisotopic (exact) mass is 284 g/mol. The molecule has 0 saturated heterocycles. The van der Waals surface area contributed by atoms with Gasteiger partial charge in [-0.1, -0.05) is 23.7 Å². The van der Waals surface area contributed by atoms with Crippen LogP contribution in [0.4, 0.5) is 4.39 Å². The third-order valence-corrected chi connectivity index (χ3v) is 3.86. The summed E-state index contributed by atoms with van der Waals surface area (Å²) >= 11 is 5.68. The van der Waals surface area contributed by atoms with Crippen LogP contribution in [-0.4, -0.2) is 11.9 Å². The Hall–Kier alpha value is -1.13. The van der Waals surface area contributed by atoms with Gasteiger partial charge in [-0.3, -0.25) is 4.79 Å². The highest BCUT2D eigenvalue weighted by Gasteiger charge is 2.23. The van der Waals surface area contributed by atoms with Gasteiger partial charge in [0.1, 0.15) is 5.82 Å². The zero-order valence-corrected chi connectivity index (χ0v) is 11.4. The summed E-state index contributed by atoms with van der Waals surface area (Å²) in [5, 5.41) is 2.81. The molecule has 2 atom stereocenters. The number of nitrogens with one attached hydrogen (secondary N) is 1. The van der Waals surface area contributed by atoms with E-state index < -0.39 is 5.82 Å². The summed E-state index contributed by atoms with van der Waals surface area (Å²) in [5.41, 5.74) is 6.21. The summed E-state index contributed by atoms with van der Waals surface area (Å²) in [6.45, 7) is 0.171. The van der Waals surface area contributed by atoms with Gasteiger partial charge in [0.05, 0.1) is 5.02 Å². The minimum Gasteiger partial charge on any atom is -0.352 e. The molecule has 0 bridgehead atoms. The minimum absolute atomic E-state index is 0.0570. The van der Waals surface area contributed by atoms with Gasteiger partial charge in [-0.25, -0.2) is 4.39 Å². The van der Waals surface area contributed by atoms with E-state index in [0.29, 0.717) is 17.9 Å². The smallest absolute Gasteiger partial charge is 0.220 e. The Labute approximate surface area is 117 Å². The molecule has 0 aromatic heterocycles. The number of hydrogen-bond donors (Lipinski definition) is 2. The molecule has 0 heterocycles. The molecule has 2 unspecified atom stereocenters. The van der Waals surface area contributed by atoms with Crippen LogP contribution in [0, 0.1) is 11.7 Å². The van der Waals surface area contributed by atoms with E-state index in [1.54, 1.807) is 12.1 Å². The molecule has 104 valence electrons. The van der Waals surface area contributed by atoms with Gasteiger partial charge in [-0.15, -0.1) is 0 Å². The lowest BCUT2D eigenvalue weighted by Gasteiger charge is -2.10. The number of amides is 1. The van der Waals surface area contributed by atoms with Crippen molar-refractivity contribution in [2.45, 2.75) is 38.3 Å². The highest BCUT2D eigenvalue weighted by molar-refractivity contribution is 6.30. The van der Waals surface area contributed by atoms with E-state index >= 15 is 0 Å². The lowest BCUT2D eigenvalue weighted by Crippen LogP contribution is -2.25. The van der Waals surface area contributed by atoms with E-state index in [-0.39, 0.29) is 23.5 Å². The molecule has 1 aliphatic carbocycles. The fourth-order valence-electron chi connectivity index (χ4n) is 2.51. The predicted molar refractivity (Wildman–Crippen MR) is 73.2 cm³/mol. The van der Waals surface area contributed by atoms with Crippen LogP contribution in [0.3, 0.4) is 0 Å². The second-order valence-electron chi connectivity index (χ2n) is 5.13. The molecule has 2 rings (SSSR count). The first kappa shape index (κ1) is 14.3. The fraction of sp³-hybridized carbons (Fsp3) is 0.500. The summed E-state index contributed by atoms with van der Waals surface area (Å²) in [7, 11) is 0. The van der Waals surface area contributed by atoms with E-state index in [2.05, 4.69) is 5.32 Å². The van der Waals surface area contributed by atoms with Crippen LogP contribution < -0.4 is 11.1 Å². The van der Waals surface area contributed by atoms with Crippen LogP contribution in [0.1, 0.15) is 31.2 Å². The van der Waals surface area contributed by atoms with Crippen molar-refractivity contribution in [3.63, 3.8) is 0 Å². The van der Waals surface area contributed by atoms with Crippen molar-refractivity contribution in [1.29, 1.82) is 0 Å². The van der Waals surface area contributed by atoms with Crippen LogP contribution >= 0.6 is 11.6 Å². The molecule has 0 radical (unpaired) electrons. The standard InChI is InChI=1S/C14H18ClFN2O/c15-12-3-1-2-10(14(12)16)8-18-13(19)7-9-4-5-11(17)6-9/h1-3,9,11H,4-8,17H2,(H,18,19). The molecule has 1 amide bonds. The maximum absolute atomic E-state index is 13.6. The van der Waals surface area contributed by atoms with Gasteiger partial charge in [0.25, 0.3) is 0 Å². The number of carbonyl (C=O) groups is 1. The lowest BCUT2D eigenvalue weighted by molar-refractivity contribution is -0.122. The second-order valence-corrected chi connectivity index (χ2v) is 5.54. The van der Waals surface area contributed by atoms with Gasteiger partial charge in [-0.2, -0.15) is 0 Å². The number of nitrogens with two attached hydrogens (primary N) is 1. The molecule has 1 aromatic carbocycles. The first-order valence-electron chi connectivity index (χ1n) is 6.51. The number of hydrogen-bond acceptors (Lipinski definition) is 2. The van der Waals surface area contributed by atoms with Crippen LogP contribution in [0.25, 0.3) is 0 Å². The first-order chi connectivity index (χ1) is 9.06. The summed E-state index contributed by atoms with van der Waals surface area (Å²) < 4.78 is 13.6. The molecule has 0 aliphatic heterocycles. The molecule has 0 spiro atoms. The zero-order chi connectivity index (χ0) is 13.8. The van der Waals surface area contributed by atoms with Crippen LogP contribution in [0.5, 0.6) is 0 Å². The Kier molecular flexibility index (Phi) is 4.77. The number of benzene rings is 1. The number of halogens is 2. The molecule has 1 aromatic rings. The number of carbonyl (C=O) groups excluding carboxylic acids is 1. The first-order valence-corrected chi connectivity index (χ1v) is 6.89. The summed E-state index contributed by atoms with van der Waals surface area (Å²) in [5.74, 6) is -0.162. The Morgan fingerprint density at radius 1 is 1.47 bits per heavy atom. The van der Waals surface area contributed by atoms with E-state index in [0.717, 1.165) is 19.3 Å². The summed E-state index contributed by atoms with van der Waals surface area (Å²) in [4.78, 5) is 11.8. The van der Waals surface area contributed by atoms with Gasteiger partial charge in [0, 0.05) is 24.6 Å². The van der Waals surface area contributed by atoms with E-state index in [4.69, 9.17) is 17.3 Å². The predicted octanol–water partition coefficient (Wildman–Crippen LogP) is 2.61. The molecule has 3 N–H and O–H groups in total.